The maximum Gasteiger partial charge on any atom is 0.248 e. The van der Waals surface area contributed by atoms with E-state index >= 15 is 0 Å². The second-order valence-corrected chi connectivity index (χ2v) is 11.9. The van der Waals surface area contributed by atoms with Crippen LogP contribution in [0.2, 0.25) is 0 Å². The molecule has 1 N–H and O–H groups in total. The lowest BCUT2D eigenvalue weighted by Gasteiger charge is -2.37. The van der Waals surface area contributed by atoms with Crippen molar-refractivity contribution < 1.29 is 24.2 Å². The number of carbonyl (C=O) groups excluding carboxylic acids is 3. The van der Waals surface area contributed by atoms with Crippen LogP contribution in [-0.4, -0.2) is 92.9 Å². The summed E-state index contributed by atoms with van der Waals surface area (Å²) in [5.74, 6) is -2.09. The average Bonchev–Trinajstić information content (AvgIpc) is 3.52. The molecule has 0 radical (unpaired) electrons. The van der Waals surface area contributed by atoms with E-state index in [1.54, 1.807) is 26.9 Å². The van der Waals surface area contributed by atoms with Crippen molar-refractivity contribution in [3.63, 3.8) is 0 Å². The highest BCUT2D eigenvalue weighted by Gasteiger charge is 2.76. The number of aliphatic hydroxyl groups is 1. The van der Waals surface area contributed by atoms with Crippen molar-refractivity contribution in [2.75, 3.05) is 32.8 Å². The molecule has 3 heterocycles. The quantitative estimate of drug-likeness (QED) is 0.261. The Bertz CT molecular complexity index is 1070. The van der Waals surface area contributed by atoms with Crippen LogP contribution >= 0.6 is 15.9 Å². The number of hydrogen-bond acceptors (Lipinski definition) is 5. The summed E-state index contributed by atoms with van der Waals surface area (Å²) >= 11 is 3.74. The summed E-state index contributed by atoms with van der Waals surface area (Å²) in [6.45, 7) is 11.5. The van der Waals surface area contributed by atoms with Gasteiger partial charge in [0.25, 0.3) is 0 Å². The van der Waals surface area contributed by atoms with E-state index in [-0.39, 0.29) is 35.7 Å². The summed E-state index contributed by atoms with van der Waals surface area (Å²) in [7, 11) is 0. The van der Waals surface area contributed by atoms with Gasteiger partial charge in [-0.2, -0.15) is 0 Å². The van der Waals surface area contributed by atoms with E-state index in [1.165, 1.54) is 0 Å². The summed E-state index contributed by atoms with van der Waals surface area (Å²) in [5.41, 5.74) is -0.130. The molecule has 9 heteroatoms. The number of fused-ring (bicyclic) bond motifs is 1. The number of amides is 3. The van der Waals surface area contributed by atoms with Crippen LogP contribution in [0.25, 0.3) is 0 Å². The third kappa shape index (κ3) is 5.45. The summed E-state index contributed by atoms with van der Waals surface area (Å²) < 4.78 is 6.64. The first kappa shape index (κ1) is 29.5. The van der Waals surface area contributed by atoms with E-state index in [9.17, 15) is 19.5 Å². The summed E-state index contributed by atoms with van der Waals surface area (Å²) in [5, 5.41) is 9.58. The Labute approximate surface area is 239 Å². The molecule has 1 aromatic carbocycles. The molecule has 0 saturated carbocycles. The number of hydrogen-bond donors (Lipinski definition) is 1. The molecule has 3 aliphatic rings. The zero-order valence-electron chi connectivity index (χ0n) is 22.7. The lowest BCUT2D eigenvalue weighted by molar-refractivity contribution is -0.149. The minimum atomic E-state index is -1.11. The van der Waals surface area contributed by atoms with Crippen molar-refractivity contribution in [2.24, 2.45) is 11.8 Å². The van der Waals surface area contributed by atoms with Crippen LogP contribution in [-0.2, 0) is 25.7 Å². The lowest BCUT2D eigenvalue weighted by atomic mass is 9.70. The van der Waals surface area contributed by atoms with Crippen LogP contribution in [0.5, 0.6) is 0 Å². The number of alkyl halides is 1. The van der Waals surface area contributed by atoms with E-state index in [1.807, 2.05) is 30.3 Å². The van der Waals surface area contributed by atoms with Gasteiger partial charge < -0.3 is 24.5 Å². The number of benzene rings is 1. The van der Waals surface area contributed by atoms with Gasteiger partial charge in [-0.05, 0) is 24.8 Å². The Kier molecular flexibility index (Phi) is 9.67. The molecule has 0 aliphatic carbocycles. The summed E-state index contributed by atoms with van der Waals surface area (Å²) in [6, 6.07) is 8.86. The summed E-state index contributed by atoms with van der Waals surface area (Å²) in [6.07, 6.45) is 5.41. The molecule has 3 aliphatic heterocycles. The molecule has 0 aromatic heterocycles. The number of unbranched alkanes of at least 4 members (excludes halogenated alkanes) is 1. The molecule has 1 spiro atoms. The fraction of sp³-hybridized carbons (Fsp3) is 0.567. The molecular weight excluding hydrogens is 562 g/mol. The van der Waals surface area contributed by atoms with Crippen LogP contribution in [0.1, 0.15) is 38.2 Å². The molecule has 39 heavy (non-hydrogen) atoms. The number of nitrogens with zero attached hydrogens (tertiary/aromatic N) is 3. The van der Waals surface area contributed by atoms with Crippen LogP contribution in [0.15, 0.2) is 55.6 Å². The Balaban J connectivity index is 1.71. The van der Waals surface area contributed by atoms with Gasteiger partial charge in [0, 0.05) is 44.2 Å². The van der Waals surface area contributed by atoms with E-state index in [0.717, 1.165) is 18.4 Å². The third-order valence-corrected chi connectivity index (χ3v) is 9.03. The Morgan fingerprint density at radius 3 is 2.49 bits per heavy atom. The van der Waals surface area contributed by atoms with Crippen LogP contribution in [0.4, 0.5) is 0 Å². The second kappa shape index (κ2) is 12.8. The van der Waals surface area contributed by atoms with Gasteiger partial charge in [-0.3, -0.25) is 14.4 Å². The Hall–Kier alpha value is -2.49. The smallest absolute Gasteiger partial charge is 0.248 e. The largest absolute Gasteiger partial charge is 0.396 e. The monoisotopic (exact) mass is 601 g/mol. The number of ether oxygens (including phenoxy) is 1. The van der Waals surface area contributed by atoms with Crippen molar-refractivity contribution >= 4 is 33.7 Å². The molecule has 3 saturated heterocycles. The van der Waals surface area contributed by atoms with Crippen molar-refractivity contribution in [2.45, 2.75) is 61.7 Å². The Morgan fingerprint density at radius 1 is 1.15 bits per heavy atom. The zero-order valence-corrected chi connectivity index (χ0v) is 24.3. The van der Waals surface area contributed by atoms with E-state index in [2.05, 4.69) is 36.0 Å². The number of rotatable bonds is 14. The van der Waals surface area contributed by atoms with Gasteiger partial charge in [0.1, 0.15) is 11.6 Å². The molecule has 4 rings (SSSR count). The molecule has 3 amide bonds. The first-order chi connectivity index (χ1) is 18.8. The first-order valence-corrected chi connectivity index (χ1v) is 14.8. The van der Waals surface area contributed by atoms with E-state index < -0.39 is 29.6 Å². The van der Waals surface area contributed by atoms with Crippen molar-refractivity contribution in [1.29, 1.82) is 0 Å². The average molecular weight is 603 g/mol. The number of aliphatic hydroxyl groups excluding tert-OH is 1. The standard InChI is InChI=1S/C30H40BrN3O5/c1-4-7-16-32(14-5-2)29(38)26-30-19-22(31)25(39-30)23(24(30)28(37)34(26)17-11-18-35)27(36)33(15-6-3)20-21-12-9-8-10-13-21/h5-6,8-10,12-13,22-26,35H,2-4,7,11,14-20H2,1H3/t22?,23-,24+,25-,26?,30?/m1/s1. The predicted molar refractivity (Wildman–Crippen MR) is 153 cm³/mol. The normalized spacial score (nSPS) is 28.8. The van der Waals surface area contributed by atoms with E-state index in [0.29, 0.717) is 39.0 Å². The number of likely N-dealkylation sites (tertiary alicyclic amines) is 1. The second-order valence-electron chi connectivity index (χ2n) is 10.7. The van der Waals surface area contributed by atoms with Gasteiger partial charge in [0.2, 0.25) is 17.7 Å². The maximum atomic E-state index is 14.2. The Morgan fingerprint density at radius 2 is 1.85 bits per heavy atom. The molecule has 3 fully saturated rings. The van der Waals surface area contributed by atoms with Crippen molar-refractivity contribution in [3.05, 3.63) is 61.2 Å². The van der Waals surface area contributed by atoms with Crippen LogP contribution in [0, 0.1) is 11.8 Å². The van der Waals surface area contributed by atoms with Gasteiger partial charge >= 0.3 is 0 Å². The molecule has 2 bridgehead atoms. The highest BCUT2D eigenvalue weighted by molar-refractivity contribution is 9.09. The highest BCUT2D eigenvalue weighted by Crippen LogP contribution is 2.60. The highest BCUT2D eigenvalue weighted by atomic mass is 79.9. The lowest BCUT2D eigenvalue weighted by Crippen LogP contribution is -2.57. The van der Waals surface area contributed by atoms with E-state index in [4.69, 9.17) is 4.74 Å². The molecular formula is C30H40BrN3O5. The zero-order chi connectivity index (χ0) is 28.2. The minimum Gasteiger partial charge on any atom is -0.396 e. The van der Waals surface area contributed by atoms with Crippen LogP contribution in [0.3, 0.4) is 0 Å². The minimum absolute atomic E-state index is 0.105. The van der Waals surface area contributed by atoms with Gasteiger partial charge in [-0.25, -0.2) is 0 Å². The number of halogens is 1. The fourth-order valence-corrected chi connectivity index (χ4v) is 7.49. The molecule has 6 atom stereocenters. The maximum absolute atomic E-state index is 14.2. The van der Waals surface area contributed by atoms with Gasteiger partial charge in [0.05, 0.1) is 17.9 Å². The SMILES string of the molecule is C=CCN(CCCC)C(=O)C1N(CCCO)C(=O)[C@@H]2[C@@H](C(=O)N(CC=C)Cc3ccccc3)[C@@H]3OC12CC3Br. The molecule has 1 aromatic rings. The van der Waals surface area contributed by atoms with Gasteiger partial charge in [0.15, 0.2) is 0 Å². The first-order valence-electron chi connectivity index (χ1n) is 13.9. The van der Waals surface area contributed by atoms with Crippen molar-refractivity contribution in [1.82, 2.24) is 14.7 Å². The molecule has 3 unspecified atom stereocenters. The van der Waals surface area contributed by atoms with Crippen LogP contribution < -0.4 is 0 Å². The van der Waals surface area contributed by atoms with Crippen molar-refractivity contribution in [3.8, 4) is 0 Å². The number of carbonyl (C=O) groups is 3. The molecule has 8 nitrogen and oxygen atoms in total. The topological polar surface area (TPSA) is 90.4 Å². The fourth-order valence-electron chi connectivity index (χ4n) is 6.54. The van der Waals surface area contributed by atoms with Gasteiger partial charge in [-0.1, -0.05) is 71.8 Å². The van der Waals surface area contributed by atoms with Gasteiger partial charge in [-0.15, -0.1) is 13.2 Å². The molecule has 212 valence electrons. The predicted octanol–water partition coefficient (Wildman–Crippen LogP) is 3.15. The third-order valence-electron chi connectivity index (χ3n) is 8.19. The summed E-state index contributed by atoms with van der Waals surface area (Å²) in [4.78, 5) is 47.3.